The van der Waals surface area contributed by atoms with Crippen LogP contribution in [0, 0.1) is 18.8 Å². The third-order valence-corrected chi connectivity index (χ3v) is 4.17. The van der Waals surface area contributed by atoms with E-state index in [0.29, 0.717) is 5.13 Å². The van der Waals surface area contributed by atoms with Gasteiger partial charge in [0.15, 0.2) is 5.13 Å². The van der Waals surface area contributed by atoms with Crippen LogP contribution in [0.3, 0.4) is 0 Å². The number of nitrogens with zero attached hydrogens (tertiary/aromatic N) is 1. The SMILES string of the molecule is Cc1cnc(NC(=O)C2C3C=CC(O3)C2C(=O)O)s1. The van der Waals surface area contributed by atoms with Crippen molar-refractivity contribution in [1.82, 2.24) is 4.98 Å². The molecule has 1 saturated heterocycles. The number of ether oxygens (including phenoxy) is 1. The Bertz CT molecular complexity index is 568. The van der Waals surface area contributed by atoms with Crippen LogP contribution in [-0.2, 0) is 14.3 Å². The zero-order valence-corrected chi connectivity index (χ0v) is 10.9. The zero-order valence-electron chi connectivity index (χ0n) is 10.1. The molecule has 0 saturated carbocycles. The third kappa shape index (κ3) is 2.04. The summed E-state index contributed by atoms with van der Waals surface area (Å²) in [7, 11) is 0. The summed E-state index contributed by atoms with van der Waals surface area (Å²) in [5.41, 5.74) is 0. The lowest BCUT2D eigenvalue weighted by atomic mass is 9.82. The van der Waals surface area contributed by atoms with Gasteiger partial charge in [0.1, 0.15) is 5.92 Å². The van der Waals surface area contributed by atoms with Crippen molar-refractivity contribution in [2.75, 3.05) is 5.32 Å². The van der Waals surface area contributed by atoms with Crippen molar-refractivity contribution in [1.29, 1.82) is 0 Å². The Kier molecular flexibility index (Phi) is 2.87. The van der Waals surface area contributed by atoms with E-state index in [1.165, 1.54) is 11.3 Å². The van der Waals surface area contributed by atoms with E-state index in [1.54, 1.807) is 18.3 Å². The van der Waals surface area contributed by atoms with E-state index in [-0.39, 0.29) is 5.91 Å². The van der Waals surface area contributed by atoms with Gasteiger partial charge in [0.2, 0.25) is 5.91 Å². The molecule has 100 valence electrons. The number of aliphatic carboxylic acids is 1. The largest absolute Gasteiger partial charge is 0.481 e. The first-order valence-electron chi connectivity index (χ1n) is 5.86. The van der Waals surface area contributed by atoms with Crippen LogP contribution in [0.25, 0.3) is 0 Å². The highest BCUT2D eigenvalue weighted by molar-refractivity contribution is 7.15. The Balaban J connectivity index is 1.79. The molecule has 4 atom stereocenters. The molecule has 0 aliphatic carbocycles. The van der Waals surface area contributed by atoms with Crippen molar-refractivity contribution in [2.45, 2.75) is 19.1 Å². The minimum Gasteiger partial charge on any atom is -0.481 e. The van der Waals surface area contributed by atoms with Crippen molar-refractivity contribution in [2.24, 2.45) is 11.8 Å². The summed E-state index contributed by atoms with van der Waals surface area (Å²) < 4.78 is 5.45. The molecule has 7 heteroatoms. The van der Waals surface area contributed by atoms with E-state index in [4.69, 9.17) is 4.74 Å². The number of carbonyl (C=O) groups excluding carboxylic acids is 1. The standard InChI is InChI=1S/C12H12N2O4S/c1-5-4-13-12(19-5)14-10(15)8-6-2-3-7(18-6)9(8)11(16)17/h2-4,6-9H,1H3,(H,16,17)(H,13,14,15). The lowest BCUT2D eigenvalue weighted by molar-refractivity contribution is -0.145. The molecule has 2 bridgehead atoms. The van der Waals surface area contributed by atoms with E-state index in [0.717, 1.165) is 4.88 Å². The average Bonchev–Trinajstić information content (AvgIpc) is 3.03. The van der Waals surface area contributed by atoms with E-state index in [2.05, 4.69) is 10.3 Å². The van der Waals surface area contributed by atoms with Gasteiger partial charge in [0.05, 0.1) is 18.1 Å². The molecule has 2 aliphatic heterocycles. The topological polar surface area (TPSA) is 88.5 Å². The Morgan fingerprint density at radius 2 is 2.05 bits per heavy atom. The second-order valence-electron chi connectivity index (χ2n) is 4.61. The highest BCUT2D eigenvalue weighted by Crippen LogP contribution is 2.40. The average molecular weight is 280 g/mol. The maximum absolute atomic E-state index is 12.2. The monoisotopic (exact) mass is 280 g/mol. The maximum Gasteiger partial charge on any atom is 0.310 e. The molecule has 0 aromatic carbocycles. The number of carboxylic acid groups (broad SMARTS) is 1. The Labute approximate surface area is 113 Å². The van der Waals surface area contributed by atoms with Gasteiger partial charge in [-0.25, -0.2) is 4.98 Å². The molecule has 2 aliphatic rings. The number of hydrogen-bond acceptors (Lipinski definition) is 5. The van der Waals surface area contributed by atoms with Gasteiger partial charge in [-0.15, -0.1) is 11.3 Å². The summed E-state index contributed by atoms with van der Waals surface area (Å²) in [6.07, 6.45) is 4.16. The predicted molar refractivity (Wildman–Crippen MR) is 67.9 cm³/mol. The van der Waals surface area contributed by atoms with E-state index < -0.39 is 30.0 Å². The van der Waals surface area contributed by atoms with E-state index >= 15 is 0 Å². The van der Waals surface area contributed by atoms with Crippen molar-refractivity contribution >= 4 is 28.3 Å². The fourth-order valence-electron chi connectivity index (χ4n) is 2.52. The number of aryl methyl sites for hydroxylation is 1. The van der Waals surface area contributed by atoms with Gasteiger partial charge >= 0.3 is 5.97 Å². The summed E-state index contributed by atoms with van der Waals surface area (Å²) >= 11 is 1.36. The molecule has 4 unspecified atom stereocenters. The fourth-order valence-corrected chi connectivity index (χ4v) is 3.18. The number of rotatable bonds is 3. The fraction of sp³-hybridized carbons (Fsp3) is 0.417. The number of thiazole rings is 1. The van der Waals surface area contributed by atoms with Crippen LogP contribution in [0.15, 0.2) is 18.3 Å². The summed E-state index contributed by atoms with van der Waals surface area (Å²) in [4.78, 5) is 28.5. The zero-order chi connectivity index (χ0) is 13.6. The van der Waals surface area contributed by atoms with E-state index in [1.807, 2.05) is 6.92 Å². The number of aromatic nitrogens is 1. The molecule has 0 radical (unpaired) electrons. The summed E-state index contributed by atoms with van der Waals surface area (Å²) in [5.74, 6) is -2.88. The molecule has 2 N–H and O–H groups in total. The molecule has 1 aromatic heterocycles. The number of anilines is 1. The second-order valence-corrected chi connectivity index (χ2v) is 5.84. The summed E-state index contributed by atoms with van der Waals surface area (Å²) in [5, 5.41) is 12.4. The number of fused-ring (bicyclic) bond motifs is 2. The first-order valence-corrected chi connectivity index (χ1v) is 6.68. The smallest absolute Gasteiger partial charge is 0.310 e. The number of amides is 1. The molecular weight excluding hydrogens is 268 g/mol. The van der Waals surface area contributed by atoms with Crippen molar-refractivity contribution < 1.29 is 19.4 Å². The highest BCUT2D eigenvalue weighted by atomic mass is 32.1. The van der Waals surface area contributed by atoms with Gasteiger partial charge in [-0.3, -0.25) is 9.59 Å². The summed E-state index contributed by atoms with van der Waals surface area (Å²) in [6.45, 7) is 1.89. The van der Waals surface area contributed by atoms with Gasteiger partial charge in [0.25, 0.3) is 0 Å². The number of carboxylic acids is 1. The van der Waals surface area contributed by atoms with Crippen LogP contribution in [-0.4, -0.2) is 34.2 Å². The molecular formula is C12H12N2O4S. The Morgan fingerprint density at radius 1 is 1.37 bits per heavy atom. The Hall–Kier alpha value is -1.73. The minimum atomic E-state index is -1.01. The molecule has 1 fully saturated rings. The molecule has 1 aromatic rings. The molecule has 3 rings (SSSR count). The van der Waals surface area contributed by atoms with Gasteiger partial charge in [0, 0.05) is 11.1 Å². The lowest BCUT2D eigenvalue weighted by Gasteiger charge is -2.20. The molecule has 3 heterocycles. The van der Waals surface area contributed by atoms with Crippen LogP contribution in [0.5, 0.6) is 0 Å². The lowest BCUT2D eigenvalue weighted by Crippen LogP contribution is -2.39. The number of carbonyl (C=O) groups is 2. The van der Waals surface area contributed by atoms with Crippen molar-refractivity contribution in [3.8, 4) is 0 Å². The molecule has 1 amide bonds. The van der Waals surface area contributed by atoms with Gasteiger partial charge in [-0.1, -0.05) is 12.2 Å². The summed E-state index contributed by atoms with van der Waals surface area (Å²) in [6, 6.07) is 0. The second kappa shape index (κ2) is 4.43. The molecule has 0 spiro atoms. The molecule has 6 nitrogen and oxygen atoms in total. The van der Waals surface area contributed by atoms with Crippen LogP contribution < -0.4 is 5.32 Å². The number of nitrogens with one attached hydrogen (secondary N) is 1. The minimum absolute atomic E-state index is 0.349. The van der Waals surface area contributed by atoms with Crippen molar-refractivity contribution in [3.63, 3.8) is 0 Å². The van der Waals surface area contributed by atoms with Crippen LogP contribution in [0.2, 0.25) is 0 Å². The highest BCUT2D eigenvalue weighted by Gasteiger charge is 2.53. The molecule has 19 heavy (non-hydrogen) atoms. The normalized spacial score (nSPS) is 31.6. The first kappa shape index (κ1) is 12.3. The quantitative estimate of drug-likeness (QED) is 0.808. The third-order valence-electron chi connectivity index (χ3n) is 3.34. The van der Waals surface area contributed by atoms with Crippen LogP contribution in [0.4, 0.5) is 5.13 Å². The predicted octanol–water partition coefficient (Wildman–Crippen LogP) is 1.04. The van der Waals surface area contributed by atoms with Gasteiger partial charge < -0.3 is 15.2 Å². The van der Waals surface area contributed by atoms with Crippen LogP contribution in [0.1, 0.15) is 4.88 Å². The maximum atomic E-state index is 12.2. The van der Waals surface area contributed by atoms with E-state index in [9.17, 15) is 14.7 Å². The van der Waals surface area contributed by atoms with Crippen molar-refractivity contribution in [3.05, 3.63) is 23.2 Å². The van der Waals surface area contributed by atoms with Gasteiger partial charge in [-0.05, 0) is 6.92 Å². The Morgan fingerprint density at radius 3 is 2.63 bits per heavy atom. The van der Waals surface area contributed by atoms with Crippen LogP contribution >= 0.6 is 11.3 Å². The first-order chi connectivity index (χ1) is 9.06. The number of hydrogen-bond donors (Lipinski definition) is 2. The van der Waals surface area contributed by atoms with Gasteiger partial charge in [-0.2, -0.15) is 0 Å².